The molecule has 0 aliphatic carbocycles. The first kappa shape index (κ1) is 21.2. The van der Waals surface area contributed by atoms with E-state index in [0.717, 1.165) is 42.8 Å². The van der Waals surface area contributed by atoms with Crippen molar-refractivity contribution in [2.45, 2.75) is 0 Å². The number of hydrogen-bond donors (Lipinski definition) is 0. The highest BCUT2D eigenvalue weighted by Crippen LogP contribution is 3.03. The Morgan fingerprint density at radius 3 is 1.25 bits per heavy atom. The van der Waals surface area contributed by atoms with Gasteiger partial charge >= 0.3 is 0 Å². The zero-order valence-electron chi connectivity index (χ0n) is 18.4. The first-order chi connectivity index (χ1) is 15.3. The van der Waals surface area contributed by atoms with Crippen molar-refractivity contribution in [3.05, 3.63) is 72.8 Å². The van der Waals surface area contributed by atoms with Crippen molar-refractivity contribution in [1.29, 1.82) is 0 Å². The van der Waals surface area contributed by atoms with Crippen molar-refractivity contribution in [1.82, 2.24) is 9.34 Å². The molecule has 2 heterocycles. The van der Waals surface area contributed by atoms with E-state index in [9.17, 15) is 0 Å². The highest BCUT2D eigenvalue weighted by Gasteiger charge is 2.58. The van der Waals surface area contributed by atoms with Crippen molar-refractivity contribution >= 4 is 71.3 Å². The third-order valence-corrected chi connectivity index (χ3v) is 32.8. The lowest BCUT2D eigenvalue weighted by atomic mass is 10.1. The minimum absolute atomic E-state index is 0.942. The Balaban J connectivity index is 1.75. The predicted octanol–water partition coefficient (Wildman–Crippen LogP) is 5.61. The van der Waals surface area contributed by atoms with Crippen LogP contribution in [-0.4, -0.2) is 37.5 Å². The molecule has 0 N–H and O–H groups in total. The van der Waals surface area contributed by atoms with Gasteiger partial charge in [0.05, 0.1) is 0 Å². The maximum absolute atomic E-state index is 15.1. The van der Waals surface area contributed by atoms with Gasteiger partial charge in [-0.25, -0.2) is 0 Å². The molecule has 0 unspecified atom stereocenters. The van der Waals surface area contributed by atoms with Crippen molar-refractivity contribution in [2.75, 3.05) is 28.2 Å². The molecule has 0 saturated heterocycles. The summed E-state index contributed by atoms with van der Waals surface area (Å²) in [5, 5.41) is 8.68. The van der Waals surface area contributed by atoms with E-state index >= 15 is 9.13 Å². The monoisotopic (exact) mass is 496 g/mol. The molecule has 8 heteroatoms. The van der Waals surface area contributed by atoms with Crippen molar-refractivity contribution in [3.63, 3.8) is 0 Å². The Morgan fingerprint density at radius 1 is 0.562 bits per heavy atom. The van der Waals surface area contributed by atoms with Gasteiger partial charge in [0.1, 0.15) is 0 Å². The molecule has 32 heavy (non-hydrogen) atoms. The summed E-state index contributed by atoms with van der Waals surface area (Å²) in [5.41, 5.74) is 0. The molecule has 4 nitrogen and oxygen atoms in total. The smallest absolute Gasteiger partial charge is 0.207 e. The maximum atomic E-state index is 15.1. The van der Waals surface area contributed by atoms with Gasteiger partial charge in [0.25, 0.3) is 0 Å². The molecule has 4 atom stereocenters. The SMILES string of the molecule is CN(C)[P@]1(=O)c2cccc3cccc(c23)[P@]1[P@]1c2cccc3cccc(c23)[P@]1(=O)N(C)C. The second-order valence-electron chi connectivity index (χ2n) is 8.67. The van der Waals surface area contributed by atoms with Crippen LogP contribution < -0.4 is 21.2 Å². The van der Waals surface area contributed by atoms with E-state index in [4.69, 9.17) is 0 Å². The number of benzene rings is 4. The summed E-state index contributed by atoms with van der Waals surface area (Å²) in [6.45, 7) is -5.97. The third-order valence-electron chi connectivity index (χ3n) is 6.56. The van der Waals surface area contributed by atoms with Gasteiger partial charge in [-0.2, -0.15) is 0 Å². The lowest BCUT2D eigenvalue weighted by Crippen LogP contribution is -2.17. The Kier molecular flexibility index (Phi) is 4.68. The highest BCUT2D eigenvalue weighted by molar-refractivity contribution is 8.83. The Bertz CT molecular complexity index is 1410. The average Bonchev–Trinajstić information content (AvgIpc) is 3.19. The summed E-state index contributed by atoms with van der Waals surface area (Å²) in [5.74, 6) is 0. The third kappa shape index (κ3) is 2.44. The van der Waals surface area contributed by atoms with Crippen LogP contribution in [-0.2, 0) is 9.13 Å². The summed E-state index contributed by atoms with van der Waals surface area (Å²) < 4.78 is 34.2. The van der Waals surface area contributed by atoms with Crippen LogP contribution in [0.3, 0.4) is 0 Å². The van der Waals surface area contributed by atoms with Crippen LogP contribution in [0, 0.1) is 0 Å². The van der Waals surface area contributed by atoms with Gasteiger partial charge in [-0.1, -0.05) is 60.7 Å². The quantitative estimate of drug-likeness (QED) is 0.346. The van der Waals surface area contributed by atoms with E-state index in [-0.39, 0.29) is 0 Å². The summed E-state index contributed by atoms with van der Waals surface area (Å²) in [6.07, 6.45) is 0. The van der Waals surface area contributed by atoms with Crippen molar-refractivity contribution < 1.29 is 9.13 Å². The number of hydrogen-bond acceptors (Lipinski definition) is 2. The zero-order chi connectivity index (χ0) is 22.4. The first-order valence-electron chi connectivity index (χ1n) is 10.5. The molecule has 0 bridgehead atoms. The topological polar surface area (TPSA) is 40.6 Å². The van der Waals surface area contributed by atoms with Gasteiger partial charge < -0.3 is 0 Å². The first-order valence-corrected chi connectivity index (χ1v) is 18.6. The summed E-state index contributed by atoms with van der Waals surface area (Å²) in [7, 11) is 5.27. The van der Waals surface area contributed by atoms with E-state index in [1.54, 1.807) is 0 Å². The summed E-state index contributed by atoms with van der Waals surface area (Å²) >= 11 is 0. The minimum atomic E-state index is -2.99. The van der Waals surface area contributed by atoms with Gasteiger partial charge in [-0.15, -0.1) is 0 Å². The standard InChI is InChI=1S/C24H24N2O2P4/c1-25(2)31(27)21-15-7-11-17-9-5-13-19(23(17)21)29(31)30-20-14-6-10-18-12-8-16-22(24(18)20)32(30,28)26(3)4/h5-16H,1-4H3/t29-,30+,31+,32-. The normalized spacial score (nSPS) is 28.4. The zero-order valence-corrected chi connectivity index (χ0v) is 22.0. The Hall–Kier alpha value is -1.36. The lowest BCUT2D eigenvalue weighted by molar-refractivity contribution is 0.537. The average molecular weight is 496 g/mol. The molecule has 2 aliphatic heterocycles. The summed E-state index contributed by atoms with van der Waals surface area (Å²) in [4.78, 5) is 0. The van der Waals surface area contributed by atoms with Gasteiger partial charge in [0, 0.05) is 36.0 Å². The van der Waals surface area contributed by atoms with Crippen LogP contribution >= 0.6 is 28.6 Å². The molecule has 0 amide bonds. The molecule has 0 radical (unpaired) electrons. The molecule has 4 aromatic rings. The molecule has 2 aliphatic rings. The second kappa shape index (κ2) is 7.07. The van der Waals surface area contributed by atoms with Crippen LogP contribution in [0.15, 0.2) is 72.8 Å². The Morgan fingerprint density at radius 2 is 0.906 bits per heavy atom. The predicted molar refractivity (Wildman–Crippen MR) is 143 cm³/mol. The number of rotatable bonds is 3. The largest absolute Gasteiger partial charge is 0.296 e. The maximum Gasteiger partial charge on any atom is 0.207 e. The van der Waals surface area contributed by atoms with Crippen LogP contribution in [0.4, 0.5) is 0 Å². The van der Waals surface area contributed by atoms with Crippen LogP contribution in [0.5, 0.6) is 0 Å². The summed E-state index contributed by atoms with van der Waals surface area (Å²) in [6, 6.07) is 24.9. The van der Waals surface area contributed by atoms with Gasteiger partial charge in [0.15, 0.2) is 0 Å². The molecule has 0 spiro atoms. The molecule has 0 aromatic heterocycles. The second-order valence-corrected chi connectivity index (χ2v) is 25.5. The van der Waals surface area contributed by atoms with E-state index in [0.29, 0.717) is 0 Å². The fourth-order valence-corrected chi connectivity index (χ4v) is 38.6. The Labute approximate surface area is 190 Å². The molecular weight excluding hydrogens is 472 g/mol. The molecule has 0 saturated carbocycles. The molecule has 6 rings (SSSR count). The van der Waals surface area contributed by atoms with E-state index in [1.165, 1.54) is 0 Å². The van der Waals surface area contributed by atoms with Crippen LogP contribution in [0.1, 0.15) is 0 Å². The molecule has 162 valence electrons. The van der Waals surface area contributed by atoms with E-state index in [2.05, 4.69) is 48.5 Å². The molecular formula is C24H24N2O2P4. The highest BCUT2D eigenvalue weighted by atomic mass is 32.7. The van der Waals surface area contributed by atoms with Crippen molar-refractivity contribution in [2.24, 2.45) is 0 Å². The van der Waals surface area contributed by atoms with E-state index < -0.39 is 28.6 Å². The molecule has 4 aromatic carbocycles. The minimum Gasteiger partial charge on any atom is -0.296 e. The van der Waals surface area contributed by atoms with E-state index in [1.807, 2.05) is 61.8 Å². The van der Waals surface area contributed by atoms with Gasteiger partial charge in [-0.3, -0.25) is 18.5 Å². The fraction of sp³-hybridized carbons (Fsp3) is 0.167. The van der Waals surface area contributed by atoms with Crippen molar-refractivity contribution in [3.8, 4) is 0 Å². The van der Waals surface area contributed by atoms with Gasteiger partial charge in [0.2, 0.25) is 14.0 Å². The fourth-order valence-electron chi connectivity index (χ4n) is 5.12. The van der Waals surface area contributed by atoms with Crippen LogP contribution in [0.2, 0.25) is 0 Å². The van der Waals surface area contributed by atoms with Crippen LogP contribution in [0.25, 0.3) is 21.5 Å². The number of nitrogens with zero attached hydrogens (tertiary/aromatic N) is 2. The van der Waals surface area contributed by atoms with Gasteiger partial charge in [-0.05, 0) is 61.7 Å². The molecule has 0 fully saturated rings. The lowest BCUT2D eigenvalue weighted by Gasteiger charge is -2.37.